The molecule has 22 heavy (non-hydrogen) atoms. The number of imidazole rings is 1. The van der Waals surface area contributed by atoms with Gasteiger partial charge in [-0.1, -0.05) is 6.92 Å². The number of aromatic nitrogens is 3. The highest BCUT2D eigenvalue weighted by Gasteiger charge is 2.11. The number of hydrogen-bond donors (Lipinski definition) is 2. The van der Waals surface area contributed by atoms with Crippen LogP contribution < -0.4 is 10.6 Å². The van der Waals surface area contributed by atoms with Crippen LogP contribution in [0.5, 0.6) is 0 Å². The molecule has 1 atom stereocenters. The molecule has 0 aromatic carbocycles. The highest BCUT2D eigenvalue weighted by atomic mass is 35.5. The number of nitrogens with zero attached hydrogens (tertiary/aromatic N) is 3. The van der Waals surface area contributed by atoms with Crippen LogP contribution in [0, 0.1) is 5.92 Å². The Morgan fingerprint density at radius 2 is 2.14 bits per heavy atom. The van der Waals surface area contributed by atoms with E-state index in [-0.39, 0.29) is 36.6 Å². The summed E-state index contributed by atoms with van der Waals surface area (Å²) in [7, 11) is 1.84. The third kappa shape index (κ3) is 5.63. The average Bonchev–Trinajstić information content (AvgIpc) is 2.99. The number of hydrogen-bond acceptors (Lipinski definition) is 4. The smallest absolute Gasteiger partial charge is 0.224 e. The van der Waals surface area contributed by atoms with E-state index in [0.717, 1.165) is 11.4 Å². The fraction of sp³-hybridized carbons (Fsp3) is 0.357. The molecule has 0 saturated heterocycles. The maximum Gasteiger partial charge on any atom is 0.224 e. The van der Waals surface area contributed by atoms with Crippen molar-refractivity contribution in [2.75, 3.05) is 13.6 Å². The van der Waals surface area contributed by atoms with E-state index in [1.54, 1.807) is 18.7 Å². The van der Waals surface area contributed by atoms with Gasteiger partial charge < -0.3 is 10.6 Å². The van der Waals surface area contributed by atoms with Crippen molar-refractivity contribution >= 4 is 30.7 Å². The summed E-state index contributed by atoms with van der Waals surface area (Å²) in [6, 6.07) is 3.83. The van der Waals surface area contributed by atoms with Crippen molar-refractivity contribution < 1.29 is 4.79 Å². The molecule has 1 amide bonds. The molecule has 2 rings (SSSR count). The molecule has 0 aliphatic heterocycles. The van der Waals surface area contributed by atoms with E-state index in [1.807, 2.05) is 36.9 Å². The normalized spacial score (nSPS) is 11.0. The Bertz CT molecular complexity index is 562. The molecule has 8 heteroatoms. The van der Waals surface area contributed by atoms with Crippen LogP contribution in [0.3, 0.4) is 0 Å². The predicted molar refractivity (Wildman–Crippen MR) is 90.8 cm³/mol. The minimum atomic E-state index is -0.0463. The van der Waals surface area contributed by atoms with E-state index in [0.29, 0.717) is 13.1 Å². The predicted octanol–water partition coefficient (Wildman–Crippen LogP) is 1.58. The molecule has 0 radical (unpaired) electrons. The van der Waals surface area contributed by atoms with E-state index in [4.69, 9.17) is 0 Å². The van der Waals surface area contributed by atoms with Crippen molar-refractivity contribution in [3.05, 3.63) is 42.6 Å². The first-order valence-corrected chi connectivity index (χ1v) is 6.56. The van der Waals surface area contributed by atoms with Crippen LogP contribution in [0.25, 0.3) is 5.82 Å². The zero-order chi connectivity index (χ0) is 14.4. The Balaban J connectivity index is 0.00000220. The minimum absolute atomic E-state index is 0. The second-order valence-electron chi connectivity index (χ2n) is 4.67. The Morgan fingerprint density at radius 1 is 1.36 bits per heavy atom. The van der Waals surface area contributed by atoms with Gasteiger partial charge in [0.05, 0.1) is 0 Å². The molecule has 2 aromatic heterocycles. The van der Waals surface area contributed by atoms with E-state index < -0.39 is 0 Å². The SMILES string of the molecule is CNCC(C)C(=O)NCc1ccnc(-n2ccnc2)c1.Cl.Cl. The summed E-state index contributed by atoms with van der Waals surface area (Å²) in [6.07, 6.45) is 6.96. The van der Waals surface area contributed by atoms with Gasteiger partial charge in [-0.05, 0) is 24.7 Å². The van der Waals surface area contributed by atoms with E-state index in [9.17, 15) is 4.79 Å². The van der Waals surface area contributed by atoms with Crippen LogP contribution in [-0.4, -0.2) is 34.0 Å². The summed E-state index contributed by atoms with van der Waals surface area (Å²) in [4.78, 5) is 20.1. The summed E-state index contributed by atoms with van der Waals surface area (Å²) in [5.41, 5.74) is 1.01. The summed E-state index contributed by atoms with van der Waals surface area (Å²) in [5.74, 6) is 0.785. The first kappa shape index (κ1) is 20.4. The molecule has 0 fully saturated rings. The Hall–Kier alpha value is -1.63. The largest absolute Gasteiger partial charge is 0.352 e. The molecule has 2 heterocycles. The van der Waals surface area contributed by atoms with Crippen LogP contribution in [0.15, 0.2) is 37.1 Å². The molecule has 0 aliphatic carbocycles. The average molecular weight is 346 g/mol. The standard InChI is InChI=1S/C14H19N5O.2ClH/c1-11(8-15-2)14(20)18-9-12-3-4-17-13(7-12)19-6-5-16-10-19;;/h3-7,10-11,15H,8-9H2,1-2H3,(H,18,20);2*1H. The van der Waals surface area contributed by atoms with Crippen molar-refractivity contribution in [3.63, 3.8) is 0 Å². The van der Waals surface area contributed by atoms with Gasteiger partial charge in [-0.25, -0.2) is 9.97 Å². The molecule has 1 unspecified atom stereocenters. The maximum atomic E-state index is 11.8. The topological polar surface area (TPSA) is 71.8 Å². The number of nitrogens with one attached hydrogen (secondary N) is 2. The zero-order valence-electron chi connectivity index (χ0n) is 12.5. The van der Waals surface area contributed by atoms with Crippen LogP contribution in [-0.2, 0) is 11.3 Å². The highest BCUT2D eigenvalue weighted by molar-refractivity contribution is 5.85. The van der Waals surface area contributed by atoms with Gasteiger partial charge in [0.1, 0.15) is 12.1 Å². The molecule has 2 N–H and O–H groups in total. The van der Waals surface area contributed by atoms with Crippen LogP contribution in [0.2, 0.25) is 0 Å². The summed E-state index contributed by atoms with van der Waals surface area (Å²) in [6.45, 7) is 3.06. The van der Waals surface area contributed by atoms with Gasteiger partial charge in [-0.3, -0.25) is 9.36 Å². The molecule has 2 aromatic rings. The lowest BCUT2D eigenvalue weighted by Gasteiger charge is -2.12. The Labute approximate surface area is 142 Å². The summed E-state index contributed by atoms with van der Waals surface area (Å²) >= 11 is 0. The molecular formula is C14H21Cl2N5O. The monoisotopic (exact) mass is 345 g/mol. The van der Waals surface area contributed by atoms with Crippen molar-refractivity contribution in [1.82, 2.24) is 25.2 Å². The van der Waals surface area contributed by atoms with Gasteiger partial charge in [0, 0.05) is 37.6 Å². The van der Waals surface area contributed by atoms with Crippen LogP contribution in [0.4, 0.5) is 0 Å². The fourth-order valence-electron chi connectivity index (χ4n) is 1.87. The molecule has 122 valence electrons. The lowest BCUT2D eigenvalue weighted by atomic mass is 10.1. The number of pyridine rings is 1. The second kappa shape index (κ2) is 10.2. The summed E-state index contributed by atoms with van der Waals surface area (Å²) < 4.78 is 1.83. The van der Waals surface area contributed by atoms with Crippen LogP contribution >= 0.6 is 24.8 Å². The lowest BCUT2D eigenvalue weighted by Crippen LogP contribution is -2.33. The van der Waals surface area contributed by atoms with Crippen molar-refractivity contribution in [2.45, 2.75) is 13.5 Å². The van der Waals surface area contributed by atoms with Crippen LogP contribution in [0.1, 0.15) is 12.5 Å². The van der Waals surface area contributed by atoms with Gasteiger partial charge in [0.25, 0.3) is 0 Å². The third-order valence-electron chi connectivity index (χ3n) is 3.00. The first-order valence-electron chi connectivity index (χ1n) is 6.56. The molecular weight excluding hydrogens is 325 g/mol. The van der Waals surface area contributed by atoms with Gasteiger partial charge >= 0.3 is 0 Å². The van der Waals surface area contributed by atoms with Gasteiger partial charge in [0.15, 0.2) is 0 Å². The second-order valence-corrected chi connectivity index (χ2v) is 4.67. The van der Waals surface area contributed by atoms with Crippen molar-refractivity contribution in [3.8, 4) is 5.82 Å². The first-order chi connectivity index (χ1) is 9.70. The third-order valence-corrected chi connectivity index (χ3v) is 3.00. The molecule has 6 nitrogen and oxygen atoms in total. The van der Waals surface area contributed by atoms with Gasteiger partial charge in [-0.2, -0.15) is 0 Å². The summed E-state index contributed by atoms with van der Waals surface area (Å²) in [5, 5.41) is 5.92. The number of rotatable bonds is 6. The van der Waals surface area contributed by atoms with Gasteiger partial charge in [0.2, 0.25) is 5.91 Å². The molecule has 0 aliphatic rings. The van der Waals surface area contributed by atoms with Gasteiger partial charge in [-0.15, -0.1) is 24.8 Å². The quantitative estimate of drug-likeness (QED) is 0.833. The van der Waals surface area contributed by atoms with E-state index >= 15 is 0 Å². The fourth-order valence-corrected chi connectivity index (χ4v) is 1.87. The number of carbonyl (C=O) groups excluding carboxylic acids is 1. The molecule has 0 spiro atoms. The number of amides is 1. The van der Waals surface area contributed by atoms with E-state index in [1.165, 1.54) is 0 Å². The lowest BCUT2D eigenvalue weighted by molar-refractivity contribution is -0.124. The van der Waals surface area contributed by atoms with E-state index in [2.05, 4.69) is 20.6 Å². The van der Waals surface area contributed by atoms with Crippen molar-refractivity contribution in [2.24, 2.45) is 5.92 Å². The highest BCUT2D eigenvalue weighted by Crippen LogP contribution is 2.07. The Morgan fingerprint density at radius 3 is 2.77 bits per heavy atom. The zero-order valence-corrected chi connectivity index (χ0v) is 14.2. The minimum Gasteiger partial charge on any atom is -0.352 e. The number of carbonyl (C=O) groups is 1. The molecule has 0 saturated carbocycles. The van der Waals surface area contributed by atoms with Crippen molar-refractivity contribution in [1.29, 1.82) is 0 Å². The Kier molecular flexibility index (Phi) is 9.40. The maximum absolute atomic E-state index is 11.8. The molecule has 0 bridgehead atoms. The number of halogens is 2.